The Bertz CT molecular complexity index is 1280. The first-order chi connectivity index (χ1) is 15.4. The third-order valence-electron chi connectivity index (χ3n) is 4.73. The Morgan fingerprint density at radius 3 is 2.57 bits per heavy atom. The molecule has 1 aliphatic heterocycles. The van der Waals surface area contributed by atoms with Crippen molar-refractivity contribution in [2.24, 2.45) is 7.05 Å². The van der Waals surface area contributed by atoms with Crippen LogP contribution in [-0.2, 0) is 29.7 Å². The zero-order chi connectivity index (χ0) is 24.1. The van der Waals surface area contributed by atoms with Gasteiger partial charge in [-0.25, -0.2) is 14.5 Å². The van der Waals surface area contributed by atoms with Gasteiger partial charge in [0, 0.05) is 18.3 Å². The second-order valence-electron chi connectivity index (χ2n) is 6.97. The molecule has 17 nitrogen and oxygen atoms in total. The number of hydrogen-bond acceptors (Lipinski definition) is 14. The van der Waals surface area contributed by atoms with Crippen molar-refractivity contribution in [2.45, 2.75) is 24.5 Å². The number of ether oxygens (including phenoxy) is 1. The van der Waals surface area contributed by atoms with Gasteiger partial charge in [-0.15, -0.1) is 0 Å². The number of rotatable bonds is 7. The first kappa shape index (κ1) is 30.8. The second kappa shape index (κ2) is 11.5. The molecule has 3 aromatic heterocycles. The van der Waals surface area contributed by atoms with E-state index in [0.717, 1.165) is 18.7 Å². The smallest absolute Gasteiger partial charge is 0.856 e. The number of nitrogen functional groups attached to an aromatic ring is 1. The minimum Gasteiger partial charge on any atom is -0.856 e. The summed E-state index contributed by atoms with van der Waals surface area (Å²) in [7, 11) is -9.04. The zero-order valence-corrected chi connectivity index (χ0v) is 24.4. The number of aryl methyl sites for hydroxylation is 1. The number of nitrogens with two attached hydrogens (primary N) is 1. The standard InChI is InChI=1S/C14H19N7O10P2.2Na/c1-19-6-21(11-8(19)12(24)18-14(15)17-11)13-10(23)9(22)7(30-13)4-29-33(27,28)31-32(25,26)20-3-2-16-5-20;;/h2-3,5-7,9-10,13,22-23H,4H2,1H3,(H4-,15,17,18,24,25,26,27,28);;/q;2*+1/p-2/t7-,9-,10-,13-;;/m1../s1. The maximum absolute atomic E-state index is 12.1. The first-order valence-corrected chi connectivity index (χ1v) is 12.0. The number of phosphoric ester groups is 1. The fourth-order valence-electron chi connectivity index (χ4n) is 3.26. The zero-order valence-electron chi connectivity index (χ0n) is 18.6. The van der Waals surface area contributed by atoms with Crippen molar-refractivity contribution < 1.29 is 111 Å². The molecule has 0 bridgehead atoms. The second-order valence-corrected chi connectivity index (χ2v) is 10.2. The Labute approximate surface area is 241 Å². The van der Waals surface area contributed by atoms with E-state index in [1.54, 1.807) is 0 Å². The molecule has 4 N–H and O–H groups in total. The Morgan fingerprint density at radius 1 is 1.26 bits per heavy atom. The summed E-state index contributed by atoms with van der Waals surface area (Å²) in [5.74, 6) is -1.01. The minimum atomic E-state index is -5.43. The summed E-state index contributed by atoms with van der Waals surface area (Å²) in [6, 6.07) is 0. The van der Waals surface area contributed by atoms with Crippen LogP contribution < -0.4 is 84.3 Å². The number of phosphoric acid groups is 1. The summed E-state index contributed by atoms with van der Waals surface area (Å²) in [5.41, 5.74) is 5.56. The number of fused-ring (bicyclic) bond motifs is 1. The van der Waals surface area contributed by atoms with Crippen molar-refractivity contribution in [1.82, 2.24) is 23.9 Å². The molecule has 0 spiro atoms. The Morgan fingerprint density at radius 2 is 1.94 bits per heavy atom. The minimum absolute atomic E-state index is 0. The van der Waals surface area contributed by atoms with Crippen LogP contribution in [0, 0.1) is 0 Å². The number of aliphatic hydroxyl groups excluding tert-OH is 2. The quantitative estimate of drug-likeness (QED) is 0.140. The summed E-state index contributed by atoms with van der Waals surface area (Å²) in [6.45, 7) is -0.894. The average molecular weight is 551 g/mol. The Balaban J connectivity index is 0.00000216. The van der Waals surface area contributed by atoms with Gasteiger partial charge in [0.25, 0.3) is 13.8 Å². The molecular weight excluding hydrogens is 534 g/mol. The van der Waals surface area contributed by atoms with Gasteiger partial charge in [0.15, 0.2) is 11.8 Å². The largest absolute Gasteiger partial charge is 1.00 e. The van der Waals surface area contributed by atoms with Gasteiger partial charge in [-0.1, -0.05) is 4.98 Å². The average Bonchev–Trinajstić information content (AvgIpc) is 3.41. The summed E-state index contributed by atoms with van der Waals surface area (Å²) in [5, 5.41) is 32.8. The predicted molar refractivity (Wildman–Crippen MR) is 98.4 cm³/mol. The number of hydrogen-bond donors (Lipinski definition) is 3. The molecule has 0 amide bonds. The monoisotopic (exact) mass is 551 g/mol. The molecule has 4 rings (SSSR count). The fraction of sp³-hybridized carbons (Fsp3) is 0.429. The molecule has 0 aliphatic carbocycles. The van der Waals surface area contributed by atoms with Crippen molar-refractivity contribution in [3.8, 4) is 5.88 Å². The van der Waals surface area contributed by atoms with Gasteiger partial charge in [-0.2, -0.15) is 0 Å². The van der Waals surface area contributed by atoms with Crippen LogP contribution in [0.4, 0.5) is 5.95 Å². The molecule has 2 unspecified atom stereocenters. The van der Waals surface area contributed by atoms with Crippen LogP contribution in [0.1, 0.15) is 6.23 Å². The van der Waals surface area contributed by atoms with Crippen molar-refractivity contribution in [1.29, 1.82) is 0 Å². The number of aliphatic hydroxyl groups is 2. The van der Waals surface area contributed by atoms with Gasteiger partial charge in [0.2, 0.25) is 14.0 Å². The molecule has 1 fully saturated rings. The van der Waals surface area contributed by atoms with E-state index in [2.05, 4.69) is 23.8 Å². The molecule has 0 radical (unpaired) electrons. The molecule has 35 heavy (non-hydrogen) atoms. The topological polar surface area (TPSA) is 250 Å². The van der Waals surface area contributed by atoms with Gasteiger partial charge in [0.05, 0.1) is 13.7 Å². The molecule has 3 aromatic rings. The van der Waals surface area contributed by atoms with E-state index < -0.39 is 52.6 Å². The van der Waals surface area contributed by atoms with Crippen molar-refractivity contribution in [2.75, 3.05) is 12.3 Å². The van der Waals surface area contributed by atoms with Crippen LogP contribution in [0.3, 0.4) is 0 Å². The van der Waals surface area contributed by atoms with E-state index in [0.29, 0.717) is 4.34 Å². The maximum atomic E-state index is 12.1. The van der Waals surface area contributed by atoms with Gasteiger partial charge < -0.3 is 40.1 Å². The summed E-state index contributed by atoms with van der Waals surface area (Å²) < 4.78 is 41.1. The van der Waals surface area contributed by atoms with Gasteiger partial charge in [-0.3, -0.25) is 22.3 Å². The maximum Gasteiger partial charge on any atom is 1.00 e. The summed E-state index contributed by atoms with van der Waals surface area (Å²) in [4.78, 5) is 34.9. The van der Waals surface area contributed by atoms with Gasteiger partial charge in [-0.05, 0) is 0 Å². The molecular formula is C14H17N7Na2O10P2. The van der Waals surface area contributed by atoms with Crippen LogP contribution in [0.5, 0.6) is 5.88 Å². The number of nitrogens with zero attached hydrogens (tertiary/aromatic N) is 6. The Kier molecular flexibility index (Phi) is 10.1. The molecule has 1 aliphatic rings. The molecule has 0 aromatic carbocycles. The van der Waals surface area contributed by atoms with Crippen LogP contribution >= 0.6 is 15.6 Å². The third-order valence-corrected chi connectivity index (χ3v) is 7.62. The molecule has 4 heterocycles. The van der Waals surface area contributed by atoms with E-state index >= 15 is 0 Å². The van der Waals surface area contributed by atoms with Crippen LogP contribution in [0.25, 0.3) is 11.2 Å². The summed E-state index contributed by atoms with van der Waals surface area (Å²) in [6.07, 6.45) is -1.83. The van der Waals surface area contributed by atoms with E-state index in [9.17, 15) is 34.2 Å². The van der Waals surface area contributed by atoms with Crippen molar-refractivity contribution in [3.63, 3.8) is 0 Å². The Hall–Kier alpha value is -0.460. The molecule has 1 saturated heterocycles. The van der Waals surface area contributed by atoms with Crippen LogP contribution in [-0.4, -0.2) is 59.0 Å². The molecule has 180 valence electrons. The van der Waals surface area contributed by atoms with Gasteiger partial charge in [0.1, 0.15) is 24.6 Å². The normalized spacial score (nSPS) is 25.4. The van der Waals surface area contributed by atoms with Crippen molar-refractivity contribution >= 4 is 32.7 Å². The summed E-state index contributed by atoms with van der Waals surface area (Å²) >= 11 is 0. The predicted octanol–water partition coefficient (Wildman–Crippen LogP) is -9.75. The number of aromatic nitrogens is 6. The number of anilines is 1. The molecule has 21 heteroatoms. The third kappa shape index (κ3) is 6.34. The number of imidazole rings is 2. The molecule has 6 atom stereocenters. The van der Waals surface area contributed by atoms with E-state index in [1.165, 1.54) is 22.5 Å². The SMILES string of the molecule is Cn1c[n+]([C@@H]2O[C@H](COP(=O)([O-])OP(=O)([O-])n3ccnc3)[C@@H](O)[C@H]2O)c2nc(N)nc([O-])c21.[Na+].[Na+]. The van der Waals surface area contributed by atoms with Crippen molar-refractivity contribution in [3.05, 3.63) is 25.0 Å². The van der Waals surface area contributed by atoms with Gasteiger partial charge >= 0.3 is 64.8 Å². The van der Waals surface area contributed by atoms with E-state index in [4.69, 9.17) is 10.5 Å². The first-order valence-electron chi connectivity index (χ1n) is 9.09. The van der Waals surface area contributed by atoms with E-state index in [1.807, 2.05) is 0 Å². The van der Waals surface area contributed by atoms with E-state index in [-0.39, 0.29) is 76.2 Å². The van der Waals surface area contributed by atoms with Crippen LogP contribution in [0.2, 0.25) is 0 Å². The fourth-order valence-corrected chi connectivity index (χ4v) is 5.54. The van der Waals surface area contributed by atoms with Crippen LogP contribution in [0.15, 0.2) is 25.0 Å². The molecule has 0 saturated carbocycles.